The van der Waals surface area contributed by atoms with Gasteiger partial charge in [0.05, 0.1) is 28.5 Å². The molecule has 2 aliphatic rings. The Bertz CT molecular complexity index is 2190. The molecule has 3 aromatic carbocycles. The molecule has 45 heavy (non-hydrogen) atoms. The topological polar surface area (TPSA) is 84.1 Å². The number of ether oxygens (including phenoxy) is 3. The van der Waals surface area contributed by atoms with Crippen LogP contribution in [0.3, 0.4) is 0 Å². The summed E-state index contributed by atoms with van der Waals surface area (Å²) in [5.41, 5.74) is 7.23. The first-order valence-corrected chi connectivity index (χ1v) is 15.6. The van der Waals surface area contributed by atoms with E-state index in [1.807, 2.05) is 54.6 Å². The fraction of sp³-hybridized carbons (Fsp3) is 0.194. The first-order chi connectivity index (χ1) is 21.8. The monoisotopic (exact) mass is 617 g/mol. The standard InChI is InChI=1S/C36H31N3O5S/c1-5-42-35(41)31-32(24-11-7-6-8-12-24)37-36-39(33(31)25-14-15-28-29(18-25)44-20-43-28)34(40)30(45-36)19-26-17-22(3)38(23(26)4)27-13-9-10-21(2)16-27/h6-19,33H,5,20H2,1-4H3/b30-19+/t33-/m1/s1. The van der Waals surface area contributed by atoms with Gasteiger partial charge in [0.2, 0.25) is 6.79 Å². The summed E-state index contributed by atoms with van der Waals surface area (Å²) in [5.74, 6) is 0.638. The Balaban J connectivity index is 1.47. The molecule has 8 nitrogen and oxygen atoms in total. The minimum Gasteiger partial charge on any atom is -0.463 e. The SMILES string of the molecule is CCOC(=O)C1=C(c2ccccc2)N=c2s/c(=C/c3cc(C)n(-c4cccc(C)c4)c3C)c(=O)n2[C@@H]1c1ccc2c(c1)OCO2. The number of carbonyl (C=O) groups excluding carboxylic acids is 1. The van der Waals surface area contributed by atoms with Crippen LogP contribution in [0.1, 0.15) is 46.6 Å². The highest BCUT2D eigenvalue weighted by Crippen LogP contribution is 2.40. The van der Waals surface area contributed by atoms with Crippen LogP contribution in [0, 0.1) is 20.8 Å². The highest BCUT2D eigenvalue weighted by molar-refractivity contribution is 7.07. The summed E-state index contributed by atoms with van der Waals surface area (Å²) in [4.78, 5) is 33.6. The largest absolute Gasteiger partial charge is 0.463 e. The smallest absolute Gasteiger partial charge is 0.338 e. The number of thiazole rings is 1. The fourth-order valence-corrected chi connectivity index (χ4v) is 7.07. The number of aryl methyl sites for hydroxylation is 2. The number of hydrogen-bond acceptors (Lipinski definition) is 7. The van der Waals surface area contributed by atoms with Crippen molar-refractivity contribution in [1.82, 2.24) is 9.13 Å². The lowest BCUT2D eigenvalue weighted by molar-refractivity contribution is -0.138. The summed E-state index contributed by atoms with van der Waals surface area (Å²) in [6, 6.07) is 24.6. The number of benzene rings is 3. The third-order valence-electron chi connectivity index (χ3n) is 8.10. The Morgan fingerprint density at radius 1 is 1.00 bits per heavy atom. The van der Waals surface area contributed by atoms with E-state index in [0.29, 0.717) is 37.7 Å². The quantitative estimate of drug-likeness (QED) is 0.239. The number of hydrogen-bond donors (Lipinski definition) is 0. The molecule has 5 aromatic rings. The number of fused-ring (bicyclic) bond motifs is 2. The van der Waals surface area contributed by atoms with Gasteiger partial charge < -0.3 is 18.8 Å². The molecule has 0 saturated heterocycles. The van der Waals surface area contributed by atoms with E-state index in [1.165, 1.54) is 16.9 Å². The van der Waals surface area contributed by atoms with Crippen LogP contribution in [0.4, 0.5) is 0 Å². The van der Waals surface area contributed by atoms with Gasteiger partial charge in [-0.2, -0.15) is 0 Å². The molecule has 1 atom stereocenters. The Labute approximate surface area is 263 Å². The molecule has 226 valence electrons. The molecule has 0 unspecified atom stereocenters. The molecule has 0 fully saturated rings. The van der Waals surface area contributed by atoms with Crippen molar-refractivity contribution in [2.24, 2.45) is 4.99 Å². The van der Waals surface area contributed by atoms with Crippen molar-refractivity contribution in [3.8, 4) is 17.2 Å². The van der Waals surface area contributed by atoms with E-state index in [4.69, 9.17) is 19.2 Å². The van der Waals surface area contributed by atoms with E-state index >= 15 is 0 Å². The lowest BCUT2D eigenvalue weighted by Gasteiger charge is -2.26. The molecule has 0 N–H and O–H groups in total. The molecule has 0 aliphatic carbocycles. The van der Waals surface area contributed by atoms with Crippen molar-refractivity contribution in [3.63, 3.8) is 0 Å². The highest BCUT2D eigenvalue weighted by Gasteiger charge is 2.36. The Morgan fingerprint density at radius 2 is 1.80 bits per heavy atom. The summed E-state index contributed by atoms with van der Waals surface area (Å²) in [6.07, 6.45) is 1.92. The molecule has 9 heteroatoms. The van der Waals surface area contributed by atoms with Gasteiger partial charge in [-0.25, -0.2) is 9.79 Å². The van der Waals surface area contributed by atoms with Crippen LogP contribution in [0.15, 0.2) is 94.2 Å². The van der Waals surface area contributed by atoms with Crippen molar-refractivity contribution < 1.29 is 19.0 Å². The zero-order valence-corrected chi connectivity index (χ0v) is 26.2. The highest BCUT2D eigenvalue weighted by atomic mass is 32.1. The van der Waals surface area contributed by atoms with Crippen LogP contribution in [0.5, 0.6) is 11.5 Å². The van der Waals surface area contributed by atoms with E-state index in [-0.39, 0.29) is 19.0 Å². The Kier molecular flexibility index (Phi) is 7.25. The number of rotatable bonds is 6. The van der Waals surface area contributed by atoms with Crippen LogP contribution < -0.4 is 24.4 Å². The second-order valence-corrected chi connectivity index (χ2v) is 12.1. The summed E-state index contributed by atoms with van der Waals surface area (Å²) >= 11 is 1.31. The van der Waals surface area contributed by atoms with Crippen LogP contribution in [0.2, 0.25) is 0 Å². The average Bonchev–Trinajstić information content (AvgIpc) is 3.71. The van der Waals surface area contributed by atoms with Gasteiger partial charge in [0.15, 0.2) is 16.3 Å². The number of aromatic nitrogens is 2. The van der Waals surface area contributed by atoms with Crippen LogP contribution >= 0.6 is 11.3 Å². The molecule has 4 heterocycles. The van der Waals surface area contributed by atoms with Gasteiger partial charge in [0.1, 0.15) is 0 Å². The third-order valence-corrected chi connectivity index (χ3v) is 9.09. The van der Waals surface area contributed by atoms with Crippen molar-refractivity contribution in [2.75, 3.05) is 13.4 Å². The van der Waals surface area contributed by atoms with E-state index in [9.17, 15) is 9.59 Å². The molecule has 2 aliphatic heterocycles. The third kappa shape index (κ3) is 4.99. The lowest BCUT2D eigenvalue weighted by atomic mass is 9.93. The van der Waals surface area contributed by atoms with E-state index in [0.717, 1.165) is 28.2 Å². The van der Waals surface area contributed by atoms with Crippen LogP contribution in [-0.2, 0) is 9.53 Å². The predicted octanol–water partition coefficient (Wildman–Crippen LogP) is 5.38. The summed E-state index contributed by atoms with van der Waals surface area (Å²) < 4.78 is 21.1. The van der Waals surface area contributed by atoms with Gasteiger partial charge in [0, 0.05) is 22.6 Å². The Hall–Kier alpha value is -5.15. The number of carbonyl (C=O) groups is 1. The summed E-state index contributed by atoms with van der Waals surface area (Å²) in [5, 5.41) is 0. The second-order valence-electron chi connectivity index (χ2n) is 11.0. The molecular weight excluding hydrogens is 586 g/mol. The van der Waals surface area contributed by atoms with Crippen molar-refractivity contribution in [2.45, 2.75) is 33.7 Å². The van der Waals surface area contributed by atoms with Crippen LogP contribution in [-0.4, -0.2) is 28.5 Å². The normalized spacial score (nSPS) is 15.6. The van der Waals surface area contributed by atoms with Crippen LogP contribution in [0.25, 0.3) is 17.5 Å². The zero-order valence-electron chi connectivity index (χ0n) is 25.4. The summed E-state index contributed by atoms with van der Waals surface area (Å²) in [6.45, 7) is 8.24. The molecule has 7 rings (SSSR count). The summed E-state index contributed by atoms with van der Waals surface area (Å²) in [7, 11) is 0. The van der Waals surface area contributed by atoms with Gasteiger partial charge in [-0.3, -0.25) is 9.36 Å². The first-order valence-electron chi connectivity index (χ1n) is 14.8. The minimum atomic E-state index is -0.799. The zero-order chi connectivity index (χ0) is 31.2. The molecule has 0 saturated carbocycles. The average molecular weight is 618 g/mol. The van der Waals surface area contributed by atoms with E-state index in [2.05, 4.69) is 49.6 Å². The molecule has 2 aromatic heterocycles. The maximum absolute atomic E-state index is 14.4. The predicted molar refractivity (Wildman–Crippen MR) is 174 cm³/mol. The van der Waals surface area contributed by atoms with Crippen molar-refractivity contribution in [3.05, 3.63) is 138 Å². The molecule has 0 spiro atoms. The molecule has 0 amide bonds. The fourth-order valence-electron chi connectivity index (χ4n) is 6.08. The number of esters is 1. The Morgan fingerprint density at radius 3 is 2.58 bits per heavy atom. The van der Waals surface area contributed by atoms with Crippen molar-refractivity contribution >= 4 is 29.1 Å². The van der Waals surface area contributed by atoms with E-state index < -0.39 is 12.0 Å². The van der Waals surface area contributed by atoms with Gasteiger partial charge in [0.25, 0.3) is 5.56 Å². The number of nitrogens with zero attached hydrogens (tertiary/aromatic N) is 3. The molecular formula is C36H31N3O5S. The van der Waals surface area contributed by atoms with E-state index in [1.54, 1.807) is 17.6 Å². The molecule has 0 bridgehead atoms. The van der Waals surface area contributed by atoms with Gasteiger partial charge in [-0.15, -0.1) is 0 Å². The van der Waals surface area contributed by atoms with Gasteiger partial charge >= 0.3 is 5.97 Å². The van der Waals surface area contributed by atoms with Gasteiger partial charge in [-0.1, -0.05) is 59.9 Å². The van der Waals surface area contributed by atoms with Crippen molar-refractivity contribution in [1.29, 1.82) is 0 Å². The second kappa shape index (κ2) is 11.4. The molecule has 0 radical (unpaired) electrons. The lowest BCUT2D eigenvalue weighted by Crippen LogP contribution is -2.40. The maximum Gasteiger partial charge on any atom is 0.338 e. The van der Waals surface area contributed by atoms with Gasteiger partial charge in [-0.05, 0) is 80.8 Å². The maximum atomic E-state index is 14.4. The minimum absolute atomic E-state index is 0.109. The first kappa shape index (κ1) is 28.6.